The van der Waals surface area contributed by atoms with Crippen LogP contribution < -0.4 is 0 Å². The minimum atomic E-state index is 0.286. The predicted molar refractivity (Wildman–Crippen MR) is 129 cm³/mol. The maximum atomic E-state index is 6.22. The molecule has 140 valence electrons. The highest BCUT2D eigenvalue weighted by Gasteiger charge is 2.19. The highest BCUT2D eigenvalue weighted by Crippen LogP contribution is 2.36. The van der Waals surface area contributed by atoms with Crippen LogP contribution in [0.3, 0.4) is 0 Å². The molecule has 0 unspecified atom stereocenters. The molecule has 0 amide bonds. The van der Waals surface area contributed by atoms with E-state index in [9.17, 15) is 0 Å². The average Bonchev–Trinajstić information content (AvgIpc) is 3.08. The van der Waals surface area contributed by atoms with Crippen LogP contribution in [0.15, 0.2) is 95.6 Å². The van der Waals surface area contributed by atoms with Crippen LogP contribution in [0, 0.1) is 6.92 Å². The summed E-state index contributed by atoms with van der Waals surface area (Å²) in [5.74, 6) is 0. The fourth-order valence-corrected chi connectivity index (χ4v) is 5.30. The van der Waals surface area contributed by atoms with Crippen LogP contribution in [0.2, 0.25) is 0 Å². The third kappa shape index (κ3) is 3.05. The first kappa shape index (κ1) is 18.1. The Morgan fingerprint density at radius 2 is 1.45 bits per heavy atom. The Morgan fingerprint density at radius 1 is 0.828 bits per heavy atom. The Kier molecular flexibility index (Phi) is 4.46. The fraction of sp³-hybridized carbons (Fsp3) is 0.0385. The van der Waals surface area contributed by atoms with Crippen molar-refractivity contribution in [3.05, 3.63) is 107 Å². The molecule has 1 aromatic heterocycles. The first-order valence-corrected chi connectivity index (χ1v) is 10.7. The summed E-state index contributed by atoms with van der Waals surface area (Å²) in [4.78, 5) is 5.86. The molecule has 0 aliphatic heterocycles. The topological polar surface area (TPSA) is 12.4 Å². The molecule has 5 rings (SSSR count). The van der Waals surface area contributed by atoms with Gasteiger partial charge in [0.2, 0.25) is 0 Å². The molecule has 0 N–H and O–H groups in total. The SMILES string of the molecule is C=C(Cl)/N=C(\c1sc2ccccc2c1C)c1cc2ccccc2c2ccccc12. The van der Waals surface area contributed by atoms with Gasteiger partial charge in [0.15, 0.2) is 0 Å². The molecule has 0 saturated carbocycles. The van der Waals surface area contributed by atoms with E-state index < -0.39 is 0 Å². The van der Waals surface area contributed by atoms with E-state index in [-0.39, 0.29) is 5.16 Å². The highest BCUT2D eigenvalue weighted by atomic mass is 35.5. The standard InChI is InChI=1S/C26H18ClNS/c1-16-19-10-7-8-14-24(19)29-26(16)25(28-17(2)27)23-15-18-9-3-4-11-20(18)21-12-5-6-13-22(21)23/h3-15H,2H2,1H3/b28-25-. The third-order valence-electron chi connectivity index (χ3n) is 5.32. The zero-order chi connectivity index (χ0) is 20.0. The smallest absolute Gasteiger partial charge is 0.122 e. The van der Waals surface area contributed by atoms with Gasteiger partial charge in [-0.05, 0) is 51.6 Å². The van der Waals surface area contributed by atoms with Gasteiger partial charge in [-0.1, -0.05) is 84.9 Å². The van der Waals surface area contributed by atoms with Crippen molar-refractivity contribution >= 4 is 60.3 Å². The van der Waals surface area contributed by atoms with E-state index >= 15 is 0 Å². The molecule has 4 aromatic carbocycles. The van der Waals surface area contributed by atoms with E-state index in [0.29, 0.717) is 0 Å². The Balaban J connectivity index is 1.89. The Labute approximate surface area is 178 Å². The molecule has 0 aliphatic carbocycles. The molecule has 0 bridgehead atoms. The average molecular weight is 412 g/mol. The lowest BCUT2D eigenvalue weighted by Gasteiger charge is -2.13. The van der Waals surface area contributed by atoms with Gasteiger partial charge in [-0.2, -0.15) is 0 Å². The number of rotatable bonds is 3. The molecule has 5 aromatic rings. The molecule has 29 heavy (non-hydrogen) atoms. The molecular weight excluding hydrogens is 394 g/mol. The number of hydrogen-bond donors (Lipinski definition) is 0. The highest BCUT2D eigenvalue weighted by molar-refractivity contribution is 7.21. The van der Waals surface area contributed by atoms with E-state index in [1.54, 1.807) is 11.3 Å². The van der Waals surface area contributed by atoms with Gasteiger partial charge in [0, 0.05) is 10.3 Å². The number of aliphatic imine (C=N–C) groups is 1. The minimum Gasteiger partial charge on any atom is -0.235 e. The van der Waals surface area contributed by atoms with E-state index in [0.717, 1.165) is 16.2 Å². The quantitative estimate of drug-likeness (QED) is 0.162. The van der Waals surface area contributed by atoms with Crippen molar-refractivity contribution < 1.29 is 0 Å². The Hall–Kier alpha value is -2.94. The summed E-state index contributed by atoms with van der Waals surface area (Å²) in [7, 11) is 0. The minimum absolute atomic E-state index is 0.286. The Morgan fingerprint density at radius 3 is 2.17 bits per heavy atom. The summed E-state index contributed by atoms with van der Waals surface area (Å²) in [5.41, 5.74) is 3.18. The molecule has 0 saturated heterocycles. The molecule has 0 fully saturated rings. The van der Waals surface area contributed by atoms with Crippen LogP contribution in [-0.2, 0) is 0 Å². The number of nitrogens with zero attached hydrogens (tertiary/aromatic N) is 1. The van der Waals surface area contributed by atoms with Crippen LogP contribution in [0.1, 0.15) is 16.0 Å². The zero-order valence-corrected chi connectivity index (χ0v) is 17.5. The van der Waals surface area contributed by atoms with Gasteiger partial charge in [-0.15, -0.1) is 11.3 Å². The Bertz CT molecular complexity index is 1440. The number of thiophene rings is 1. The number of hydrogen-bond acceptors (Lipinski definition) is 2. The van der Waals surface area contributed by atoms with E-state index in [1.807, 2.05) is 0 Å². The number of halogens is 1. The van der Waals surface area contributed by atoms with Gasteiger partial charge < -0.3 is 0 Å². The normalized spacial score (nSPS) is 12.1. The lowest BCUT2D eigenvalue weighted by Crippen LogP contribution is -2.04. The fourth-order valence-electron chi connectivity index (χ4n) is 4.00. The van der Waals surface area contributed by atoms with Crippen molar-refractivity contribution in [3.8, 4) is 0 Å². The van der Waals surface area contributed by atoms with Crippen LogP contribution in [0.4, 0.5) is 0 Å². The molecule has 3 heteroatoms. The van der Waals surface area contributed by atoms with Crippen molar-refractivity contribution in [2.45, 2.75) is 6.92 Å². The van der Waals surface area contributed by atoms with Crippen molar-refractivity contribution in [1.29, 1.82) is 0 Å². The summed E-state index contributed by atoms with van der Waals surface area (Å²) in [6.07, 6.45) is 0. The molecule has 0 spiro atoms. The monoisotopic (exact) mass is 411 g/mol. The summed E-state index contributed by atoms with van der Waals surface area (Å²) >= 11 is 7.97. The molecule has 0 aliphatic rings. The summed E-state index contributed by atoms with van der Waals surface area (Å²) in [5, 5.41) is 6.35. The first-order valence-electron chi connectivity index (χ1n) is 9.46. The second-order valence-corrected chi connectivity index (χ2v) is 8.57. The lowest BCUT2D eigenvalue weighted by molar-refractivity contribution is 1.49. The lowest BCUT2D eigenvalue weighted by atomic mass is 9.93. The maximum absolute atomic E-state index is 6.22. The molecule has 1 nitrogen and oxygen atoms in total. The van der Waals surface area contributed by atoms with Crippen LogP contribution in [-0.4, -0.2) is 5.71 Å². The van der Waals surface area contributed by atoms with Crippen LogP contribution in [0.5, 0.6) is 0 Å². The van der Waals surface area contributed by atoms with Crippen LogP contribution in [0.25, 0.3) is 31.6 Å². The molecule has 0 atom stereocenters. The van der Waals surface area contributed by atoms with Gasteiger partial charge in [-0.25, -0.2) is 4.99 Å². The molecule has 0 radical (unpaired) electrons. The largest absolute Gasteiger partial charge is 0.235 e. The van der Waals surface area contributed by atoms with E-state index in [1.165, 1.54) is 37.2 Å². The number of aryl methyl sites for hydroxylation is 1. The van der Waals surface area contributed by atoms with Crippen molar-refractivity contribution in [2.24, 2.45) is 4.99 Å². The van der Waals surface area contributed by atoms with Gasteiger partial charge >= 0.3 is 0 Å². The second-order valence-electron chi connectivity index (χ2n) is 7.08. The summed E-state index contributed by atoms with van der Waals surface area (Å²) < 4.78 is 1.25. The molecule has 1 heterocycles. The van der Waals surface area contributed by atoms with E-state index in [4.69, 9.17) is 16.6 Å². The van der Waals surface area contributed by atoms with Gasteiger partial charge in [0.25, 0.3) is 0 Å². The number of fused-ring (bicyclic) bond motifs is 4. The van der Waals surface area contributed by atoms with Crippen molar-refractivity contribution in [3.63, 3.8) is 0 Å². The third-order valence-corrected chi connectivity index (χ3v) is 6.68. The summed E-state index contributed by atoms with van der Waals surface area (Å²) in [6, 6.07) is 27.7. The van der Waals surface area contributed by atoms with Crippen molar-refractivity contribution in [2.75, 3.05) is 0 Å². The zero-order valence-electron chi connectivity index (χ0n) is 15.9. The predicted octanol–water partition coefficient (Wildman–Crippen LogP) is 8.06. The van der Waals surface area contributed by atoms with Crippen molar-refractivity contribution in [1.82, 2.24) is 0 Å². The van der Waals surface area contributed by atoms with E-state index in [2.05, 4.69) is 92.4 Å². The first-order chi connectivity index (χ1) is 14.1. The van der Waals surface area contributed by atoms with Gasteiger partial charge in [0.1, 0.15) is 5.16 Å². The maximum Gasteiger partial charge on any atom is 0.122 e. The van der Waals surface area contributed by atoms with Gasteiger partial charge in [-0.3, -0.25) is 0 Å². The molecular formula is C26H18ClNS. The summed E-state index contributed by atoms with van der Waals surface area (Å²) in [6.45, 7) is 6.01. The van der Waals surface area contributed by atoms with Crippen LogP contribution >= 0.6 is 22.9 Å². The van der Waals surface area contributed by atoms with Gasteiger partial charge in [0.05, 0.1) is 10.6 Å². The second kappa shape index (κ2) is 7.14. The number of benzene rings is 4.